The molecule has 0 aliphatic carbocycles. The molecule has 3 rings (SSSR count). The van der Waals surface area contributed by atoms with Crippen molar-refractivity contribution in [3.8, 4) is 11.8 Å². The average molecular weight is 472 g/mol. The lowest BCUT2D eigenvalue weighted by Gasteiger charge is -2.30. The van der Waals surface area contributed by atoms with Gasteiger partial charge >= 0.3 is 5.97 Å². The fourth-order valence-electron chi connectivity index (χ4n) is 3.38. The van der Waals surface area contributed by atoms with Gasteiger partial charge in [0, 0.05) is 36.3 Å². The van der Waals surface area contributed by atoms with Crippen LogP contribution < -0.4 is 11.1 Å². The van der Waals surface area contributed by atoms with Gasteiger partial charge in [-0.2, -0.15) is 0 Å². The zero-order valence-electron chi connectivity index (χ0n) is 18.8. The van der Waals surface area contributed by atoms with E-state index in [2.05, 4.69) is 22.1 Å². The van der Waals surface area contributed by atoms with Gasteiger partial charge in [0.2, 0.25) is 0 Å². The number of nitrogens with two attached hydrogens (primary N) is 1. The molecule has 9 heteroatoms. The molecule has 1 saturated heterocycles. The van der Waals surface area contributed by atoms with Crippen LogP contribution in [0.25, 0.3) is 0 Å². The highest BCUT2D eigenvalue weighted by Gasteiger charge is 2.44. The van der Waals surface area contributed by atoms with Gasteiger partial charge in [-0.15, -0.1) is 0 Å². The Kier molecular flexibility index (Phi) is 8.34. The average Bonchev–Trinajstić information content (AvgIpc) is 2.82. The molecule has 1 amide bonds. The van der Waals surface area contributed by atoms with Crippen molar-refractivity contribution in [3.05, 3.63) is 70.8 Å². The molecule has 2 aromatic rings. The van der Waals surface area contributed by atoms with Crippen molar-refractivity contribution < 1.29 is 28.2 Å². The zero-order valence-corrected chi connectivity index (χ0v) is 18.8. The molecule has 0 saturated carbocycles. The number of carbonyl (C=O) groups excluding carboxylic acids is 1. The molecule has 180 valence electrons. The summed E-state index contributed by atoms with van der Waals surface area (Å²) in [6.45, 7) is 5.10. The van der Waals surface area contributed by atoms with Crippen LogP contribution in [0.3, 0.4) is 0 Å². The van der Waals surface area contributed by atoms with Crippen LogP contribution in [0.2, 0.25) is 0 Å². The van der Waals surface area contributed by atoms with Crippen molar-refractivity contribution >= 4 is 11.9 Å². The van der Waals surface area contributed by atoms with E-state index in [0.717, 1.165) is 45.3 Å². The third-order valence-corrected chi connectivity index (χ3v) is 5.58. The van der Waals surface area contributed by atoms with E-state index >= 15 is 0 Å². The van der Waals surface area contributed by atoms with E-state index in [1.165, 1.54) is 17.7 Å². The number of alkyl halides is 2. The number of carbonyl (C=O) groups is 2. The normalized spacial score (nSPS) is 16.7. The molecule has 2 unspecified atom stereocenters. The molecule has 0 bridgehead atoms. The second-order valence-electron chi connectivity index (χ2n) is 8.32. The van der Waals surface area contributed by atoms with Crippen molar-refractivity contribution in [2.45, 2.75) is 31.5 Å². The smallest absolute Gasteiger partial charge is 0.328 e. The molecule has 2 atom stereocenters. The number of hydrogen-bond donors (Lipinski definition) is 3. The first kappa shape index (κ1) is 25.3. The number of rotatable bonds is 7. The summed E-state index contributed by atoms with van der Waals surface area (Å²) in [4.78, 5) is 26.1. The largest absolute Gasteiger partial charge is 0.480 e. The number of morpholine rings is 1. The van der Waals surface area contributed by atoms with Gasteiger partial charge in [-0.3, -0.25) is 9.69 Å². The van der Waals surface area contributed by atoms with Crippen molar-refractivity contribution in [2.75, 3.05) is 26.3 Å². The Labute approximate surface area is 196 Å². The third kappa shape index (κ3) is 6.60. The molecule has 7 nitrogen and oxygen atoms in total. The van der Waals surface area contributed by atoms with Crippen LogP contribution in [0.1, 0.15) is 34.0 Å². The maximum Gasteiger partial charge on any atom is 0.328 e. The molecule has 1 aliphatic rings. The minimum absolute atomic E-state index is 0.106. The van der Waals surface area contributed by atoms with E-state index < -0.39 is 29.9 Å². The second-order valence-corrected chi connectivity index (χ2v) is 8.32. The molecule has 1 aliphatic heterocycles. The molecule has 34 heavy (non-hydrogen) atoms. The van der Waals surface area contributed by atoms with Crippen LogP contribution in [0.4, 0.5) is 8.78 Å². The minimum atomic E-state index is -3.14. The van der Waals surface area contributed by atoms with Crippen LogP contribution >= 0.6 is 0 Å². The fraction of sp³-hybridized carbons (Fsp3) is 0.360. The van der Waals surface area contributed by atoms with E-state index in [0.29, 0.717) is 5.56 Å². The first-order valence-electron chi connectivity index (χ1n) is 10.8. The second kappa shape index (κ2) is 11.2. The Morgan fingerprint density at radius 1 is 1.09 bits per heavy atom. The quantitative estimate of drug-likeness (QED) is 0.534. The number of carboxylic acids is 1. The van der Waals surface area contributed by atoms with Crippen LogP contribution in [-0.2, 0) is 16.1 Å². The Bertz CT molecular complexity index is 1050. The summed E-state index contributed by atoms with van der Waals surface area (Å²) in [5.41, 5.74) is 5.79. The van der Waals surface area contributed by atoms with E-state index in [1.807, 2.05) is 24.3 Å². The molecular formula is C25H27F2N3O4. The van der Waals surface area contributed by atoms with Gasteiger partial charge in [0.15, 0.2) is 6.04 Å². The third-order valence-electron chi connectivity index (χ3n) is 5.58. The summed E-state index contributed by atoms with van der Waals surface area (Å²) < 4.78 is 31.6. The van der Waals surface area contributed by atoms with Crippen LogP contribution in [0.15, 0.2) is 48.5 Å². The monoisotopic (exact) mass is 471 g/mol. The molecule has 0 radical (unpaired) electrons. The number of benzene rings is 2. The maximum atomic E-state index is 13.1. The Balaban J connectivity index is 1.61. The Morgan fingerprint density at radius 2 is 1.62 bits per heavy atom. The number of aliphatic carboxylic acids is 1. The summed E-state index contributed by atoms with van der Waals surface area (Å²) in [5.74, 6) is 3.60. The predicted molar refractivity (Wildman–Crippen MR) is 122 cm³/mol. The highest BCUT2D eigenvalue weighted by molar-refractivity contribution is 5.97. The van der Waals surface area contributed by atoms with Gasteiger partial charge in [0.1, 0.15) is 5.54 Å². The lowest BCUT2D eigenvalue weighted by molar-refractivity contribution is -0.143. The van der Waals surface area contributed by atoms with Gasteiger partial charge in [-0.05, 0) is 48.9 Å². The number of halogens is 2. The van der Waals surface area contributed by atoms with Gasteiger partial charge in [0.05, 0.1) is 13.2 Å². The minimum Gasteiger partial charge on any atom is -0.480 e. The van der Waals surface area contributed by atoms with E-state index in [4.69, 9.17) is 10.5 Å². The Morgan fingerprint density at radius 3 is 2.12 bits per heavy atom. The lowest BCUT2D eigenvalue weighted by Crippen LogP contribution is -2.64. The van der Waals surface area contributed by atoms with Crippen LogP contribution in [-0.4, -0.2) is 66.2 Å². The van der Waals surface area contributed by atoms with Crippen LogP contribution in [0.5, 0.6) is 0 Å². The zero-order chi connectivity index (χ0) is 24.7. The standard InChI is InChI=1S/C25H27F2N3O4/c1-25(28,24(26)27)21(23(32)33)29-22(31)20-10-8-18(9-11-20)3-2-17-4-6-19(7-5-17)16-30-12-14-34-15-13-30/h4-11,21,24H,12-16,28H2,1H3,(H,29,31)(H,32,33). The van der Waals surface area contributed by atoms with Crippen molar-refractivity contribution in [1.29, 1.82) is 0 Å². The van der Waals surface area contributed by atoms with Gasteiger partial charge in [0.25, 0.3) is 12.3 Å². The lowest BCUT2D eigenvalue weighted by atomic mass is 9.93. The van der Waals surface area contributed by atoms with E-state index in [1.54, 1.807) is 12.1 Å². The van der Waals surface area contributed by atoms with Crippen molar-refractivity contribution in [3.63, 3.8) is 0 Å². The van der Waals surface area contributed by atoms with Gasteiger partial charge < -0.3 is 20.9 Å². The number of carboxylic acid groups (broad SMARTS) is 1. The molecule has 1 heterocycles. The van der Waals surface area contributed by atoms with Crippen molar-refractivity contribution in [2.24, 2.45) is 5.73 Å². The SMILES string of the molecule is CC(N)(C(F)F)C(NC(=O)c1ccc(C#Cc2ccc(CN3CCOCC3)cc2)cc1)C(=O)O. The first-order chi connectivity index (χ1) is 16.2. The molecule has 4 N–H and O–H groups in total. The number of hydrogen-bond acceptors (Lipinski definition) is 5. The molecule has 1 fully saturated rings. The summed E-state index contributed by atoms with van der Waals surface area (Å²) in [6.07, 6.45) is -3.14. The highest BCUT2D eigenvalue weighted by atomic mass is 19.3. The summed E-state index contributed by atoms with van der Waals surface area (Å²) in [7, 11) is 0. The number of amides is 1. The van der Waals surface area contributed by atoms with Crippen molar-refractivity contribution in [1.82, 2.24) is 10.2 Å². The van der Waals surface area contributed by atoms with Gasteiger partial charge in [-0.1, -0.05) is 24.0 Å². The van der Waals surface area contributed by atoms with Gasteiger partial charge in [-0.25, -0.2) is 13.6 Å². The number of nitrogens with one attached hydrogen (secondary N) is 1. The topological polar surface area (TPSA) is 105 Å². The van der Waals surface area contributed by atoms with E-state index in [9.17, 15) is 23.5 Å². The predicted octanol–water partition coefficient (Wildman–Crippen LogP) is 2.08. The fourth-order valence-corrected chi connectivity index (χ4v) is 3.38. The summed E-state index contributed by atoms with van der Waals surface area (Å²) in [6, 6.07) is 12.1. The molecule has 0 spiro atoms. The molecule has 0 aromatic heterocycles. The van der Waals surface area contributed by atoms with E-state index in [-0.39, 0.29) is 5.56 Å². The Hall–Kier alpha value is -3.32. The van der Waals surface area contributed by atoms with Crippen LogP contribution in [0, 0.1) is 11.8 Å². The number of ether oxygens (including phenoxy) is 1. The summed E-state index contributed by atoms with van der Waals surface area (Å²) in [5, 5.41) is 11.3. The molecule has 2 aromatic carbocycles. The number of nitrogens with zero attached hydrogens (tertiary/aromatic N) is 1. The molecular weight excluding hydrogens is 444 g/mol. The maximum absolute atomic E-state index is 13.1. The summed E-state index contributed by atoms with van der Waals surface area (Å²) >= 11 is 0. The highest BCUT2D eigenvalue weighted by Crippen LogP contribution is 2.18. The first-order valence-corrected chi connectivity index (χ1v) is 10.8.